The minimum absolute atomic E-state index is 0.0494. The second kappa shape index (κ2) is 7.94. The molecule has 2 saturated heterocycles. The van der Waals surface area contributed by atoms with Crippen molar-refractivity contribution in [2.24, 2.45) is 0 Å². The summed E-state index contributed by atoms with van der Waals surface area (Å²) in [7, 11) is 0. The number of rotatable bonds is 4. The molecular formula is C16H26N4O4. The molecule has 134 valence electrons. The molecule has 0 radical (unpaired) electrons. The molecule has 2 heterocycles. The van der Waals surface area contributed by atoms with E-state index in [0.717, 1.165) is 25.7 Å². The second-order valence-electron chi connectivity index (χ2n) is 6.75. The summed E-state index contributed by atoms with van der Waals surface area (Å²) in [6.45, 7) is 2.86. The lowest BCUT2D eigenvalue weighted by atomic mass is 10.2. The van der Waals surface area contributed by atoms with Crippen LogP contribution >= 0.6 is 0 Å². The first-order valence-corrected chi connectivity index (χ1v) is 8.80. The largest absolute Gasteiger partial charge is 0.365 e. The average Bonchev–Trinajstić information content (AvgIpc) is 3.08. The fourth-order valence-electron chi connectivity index (χ4n) is 3.52. The van der Waals surface area contributed by atoms with Gasteiger partial charge in [-0.05, 0) is 12.8 Å². The number of ether oxygens (including phenoxy) is 1. The summed E-state index contributed by atoms with van der Waals surface area (Å²) < 4.78 is 5.55. The maximum atomic E-state index is 12.5. The van der Waals surface area contributed by atoms with Gasteiger partial charge in [0.05, 0.1) is 26.2 Å². The van der Waals surface area contributed by atoms with Crippen LogP contribution < -0.4 is 10.6 Å². The van der Waals surface area contributed by atoms with Gasteiger partial charge in [0, 0.05) is 25.7 Å². The van der Waals surface area contributed by atoms with Crippen molar-refractivity contribution >= 4 is 17.7 Å². The Labute approximate surface area is 141 Å². The van der Waals surface area contributed by atoms with Crippen molar-refractivity contribution in [3.63, 3.8) is 0 Å². The van der Waals surface area contributed by atoms with E-state index in [1.165, 1.54) is 0 Å². The summed E-state index contributed by atoms with van der Waals surface area (Å²) in [5.41, 5.74) is 0. The molecular weight excluding hydrogens is 312 g/mol. The van der Waals surface area contributed by atoms with Gasteiger partial charge in [-0.2, -0.15) is 0 Å². The van der Waals surface area contributed by atoms with Crippen LogP contribution in [-0.4, -0.2) is 85.5 Å². The fraction of sp³-hybridized carbons (Fsp3) is 0.812. The van der Waals surface area contributed by atoms with Crippen molar-refractivity contribution in [3.05, 3.63) is 0 Å². The summed E-state index contributed by atoms with van der Waals surface area (Å²) in [5, 5.41) is 5.77. The van der Waals surface area contributed by atoms with Crippen LogP contribution in [0.25, 0.3) is 0 Å². The van der Waals surface area contributed by atoms with Gasteiger partial charge in [-0.25, -0.2) is 0 Å². The zero-order chi connectivity index (χ0) is 16.9. The van der Waals surface area contributed by atoms with Crippen LogP contribution in [0.15, 0.2) is 0 Å². The van der Waals surface area contributed by atoms with Crippen LogP contribution in [0.3, 0.4) is 0 Å². The number of carbonyl (C=O) groups excluding carboxylic acids is 3. The molecule has 1 saturated carbocycles. The third kappa shape index (κ3) is 4.45. The summed E-state index contributed by atoms with van der Waals surface area (Å²) in [4.78, 5) is 39.7. The van der Waals surface area contributed by atoms with Crippen molar-refractivity contribution in [1.29, 1.82) is 0 Å². The van der Waals surface area contributed by atoms with E-state index in [1.54, 1.807) is 4.90 Å². The third-order valence-electron chi connectivity index (χ3n) is 4.89. The molecule has 1 aliphatic carbocycles. The molecule has 2 aliphatic heterocycles. The highest BCUT2D eigenvalue weighted by Crippen LogP contribution is 2.18. The first-order valence-electron chi connectivity index (χ1n) is 8.80. The van der Waals surface area contributed by atoms with Crippen molar-refractivity contribution in [1.82, 2.24) is 20.4 Å². The number of piperazine rings is 1. The molecule has 0 unspecified atom stereocenters. The second-order valence-corrected chi connectivity index (χ2v) is 6.75. The minimum atomic E-state index is -0.590. The Kier molecular flexibility index (Phi) is 5.68. The van der Waals surface area contributed by atoms with Crippen molar-refractivity contribution < 1.29 is 19.1 Å². The normalized spacial score (nSPS) is 26.2. The molecule has 1 atom stereocenters. The van der Waals surface area contributed by atoms with E-state index in [2.05, 4.69) is 10.6 Å². The maximum Gasteiger partial charge on any atom is 0.251 e. The molecule has 3 fully saturated rings. The van der Waals surface area contributed by atoms with Gasteiger partial charge in [-0.3, -0.25) is 19.3 Å². The van der Waals surface area contributed by atoms with Gasteiger partial charge >= 0.3 is 0 Å². The Bertz CT molecular complexity index is 492. The number of morpholine rings is 1. The number of carbonyl (C=O) groups is 3. The highest BCUT2D eigenvalue weighted by Gasteiger charge is 2.31. The first-order chi connectivity index (χ1) is 11.6. The standard InChI is InChI=1S/C16H26N4O4/c21-14-10-19(6-5-17-14)11-15(22)20-7-8-24-13(9-20)16(23)18-12-3-1-2-4-12/h12-13H,1-11H2,(H,17,21)(H,18,23)/t13-/m0/s1. The van der Waals surface area contributed by atoms with Gasteiger partial charge in [0.1, 0.15) is 0 Å². The molecule has 0 aromatic carbocycles. The Hall–Kier alpha value is -1.67. The molecule has 8 heteroatoms. The van der Waals surface area contributed by atoms with E-state index in [9.17, 15) is 14.4 Å². The van der Waals surface area contributed by atoms with Gasteiger partial charge in [0.25, 0.3) is 5.91 Å². The average molecular weight is 338 g/mol. The van der Waals surface area contributed by atoms with Gasteiger partial charge in [-0.15, -0.1) is 0 Å². The van der Waals surface area contributed by atoms with Crippen LogP contribution in [-0.2, 0) is 19.1 Å². The van der Waals surface area contributed by atoms with Crippen molar-refractivity contribution in [2.45, 2.75) is 37.8 Å². The quantitative estimate of drug-likeness (QED) is 0.665. The van der Waals surface area contributed by atoms with E-state index >= 15 is 0 Å². The number of nitrogens with zero attached hydrogens (tertiary/aromatic N) is 2. The molecule has 24 heavy (non-hydrogen) atoms. The molecule has 0 bridgehead atoms. The van der Waals surface area contributed by atoms with E-state index in [4.69, 9.17) is 4.74 Å². The van der Waals surface area contributed by atoms with E-state index < -0.39 is 6.10 Å². The lowest BCUT2D eigenvalue weighted by Gasteiger charge is -2.34. The van der Waals surface area contributed by atoms with Gasteiger partial charge in [0.15, 0.2) is 6.10 Å². The van der Waals surface area contributed by atoms with Crippen LogP contribution in [0.5, 0.6) is 0 Å². The Balaban J connectivity index is 1.47. The van der Waals surface area contributed by atoms with Crippen molar-refractivity contribution in [2.75, 3.05) is 45.9 Å². The highest BCUT2D eigenvalue weighted by atomic mass is 16.5. The van der Waals surface area contributed by atoms with Gasteiger partial charge < -0.3 is 20.3 Å². The molecule has 0 aromatic heterocycles. The van der Waals surface area contributed by atoms with E-state index in [1.807, 2.05) is 4.90 Å². The monoisotopic (exact) mass is 338 g/mol. The number of hydrogen-bond acceptors (Lipinski definition) is 5. The summed E-state index contributed by atoms with van der Waals surface area (Å²) in [6, 6.07) is 0.249. The maximum absolute atomic E-state index is 12.5. The molecule has 8 nitrogen and oxygen atoms in total. The Morgan fingerprint density at radius 3 is 2.79 bits per heavy atom. The lowest BCUT2D eigenvalue weighted by molar-refractivity contribution is -0.148. The molecule has 3 aliphatic rings. The molecule has 0 aromatic rings. The summed E-state index contributed by atoms with van der Waals surface area (Å²) >= 11 is 0. The van der Waals surface area contributed by atoms with Crippen molar-refractivity contribution in [3.8, 4) is 0 Å². The van der Waals surface area contributed by atoms with Crippen LogP contribution in [0.1, 0.15) is 25.7 Å². The van der Waals surface area contributed by atoms with E-state index in [0.29, 0.717) is 26.2 Å². The topological polar surface area (TPSA) is 91.0 Å². The number of nitrogens with one attached hydrogen (secondary N) is 2. The molecule has 3 amide bonds. The van der Waals surface area contributed by atoms with E-state index in [-0.39, 0.29) is 43.4 Å². The first kappa shape index (κ1) is 17.2. The van der Waals surface area contributed by atoms with Crippen LogP contribution in [0.4, 0.5) is 0 Å². The molecule has 0 spiro atoms. The molecule has 3 rings (SSSR count). The smallest absolute Gasteiger partial charge is 0.251 e. The lowest BCUT2D eigenvalue weighted by Crippen LogP contribution is -2.56. The highest BCUT2D eigenvalue weighted by molar-refractivity contribution is 5.84. The third-order valence-corrected chi connectivity index (χ3v) is 4.89. The molecule has 2 N–H and O–H groups in total. The minimum Gasteiger partial charge on any atom is -0.365 e. The number of amides is 3. The predicted molar refractivity (Wildman–Crippen MR) is 86.2 cm³/mol. The summed E-state index contributed by atoms with van der Waals surface area (Å²) in [6.07, 6.45) is 3.78. The Morgan fingerprint density at radius 2 is 2.04 bits per heavy atom. The SMILES string of the molecule is O=C1CN(CC(=O)N2CCO[C@H](C(=O)NC3CCCC3)C2)CCN1. The number of hydrogen-bond donors (Lipinski definition) is 2. The fourth-order valence-corrected chi connectivity index (χ4v) is 3.52. The predicted octanol–water partition coefficient (Wildman–Crippen LogP) is -1.30. The van der Waals surface area contributed by atoms with Gasteiger partial charge in [0.2, 0.25) is 11.8 Å². The zero-order valence-electron chi connectivity index (χ0n) is 14.0. The van der Waals surface area contributed by atoms with Gasteiger partial charge in [-0.1, -0.05) is 12.8 Å². The summed E-state index contributed by atoms with van der Waals surface area (Å²) in [5.74, 6) is -0.215. The van der Waals surface area contributed by atoms with Crippen LogP contribution in [0.2, 0.25) is 0 Å². The van der Waals surface area contributed by atoms with Crippen LogP contribution in [0, 0.1) is 0 Å². The Morgan fingerprint density at radius 1 is 1.25 bits per heavy atom. The zero-order valence-corrected chi connectivity index (χ0v) is 14.0.